The van der Waals surface area contributed by atoms with Crippen molar-refractivity contribution in [3.8, 4) is 0 Å². The smallest absolute Gasteiger partial charge is 0.270 e. The maximum Gasteiger partial charge on any atom is 0.270 e. The van der Waals surface area contributed by atoms with Crippen molar-refractivity contribution in [1.29, 1.82) is 0 Å². The number of nitrogens with one attached hydrogen (secondary N) is 1. The molecule has 2 aliphatic heterocycles. The van der Waals surface area contributed by atoms with Gasteiger partial charge >= 0.3 is 0 Å². The molecule has 0 radical (unpaired) electrons. The third kappa shape index (κ3) is 3.14. The summed E-state index contributed by atoms with van der Waals surface area (Å²) in [6, 6.07) is 4.27. The van der Waals surface area contributed by atoms with Gasteiger partial charge in [0.25, 0.3) is 5.91 Å². The number of nitrogens with zero attached hydrogens (tertiary/aromatic N) is 2. The Labute approximate surface area is 125 Å². The zero-order valence-corrected chi connectivity index (χ0v) is 12.7. The first-order valence-electron chi connectivity index (χ1n) is 7.96. The molecule has 0 saturated carbocycles. The van der Waals surface area contributed by atoms with E-state index in [9.17, 15) is 9.90 Å². The highest BCUT2D eigenvalue weighted by Crippen LogP contribution is 2.25. The minimum atomic E-state index is -0.750. The van der Waals surface area contributed by atoms with Crippen molar-refractivity contribution in [2.75, 3.05) is 26.2 Å². The summed E-state index contributed by atoms with van der Waals surface area (Å²) in [6.45, 7) is 5.01. The Morgan fingerprint density at radius 3 is 2.90 bits per heavy atom. The molecule has 5 heteroatoms. The summed E-state index contributed by atoms with van der Waals surface area (Å²) in [6.07, 6.45) is 5.78. The average molecular weight is 291 g/mol. The van der Waals surface area contributed by atoms with Gasteiger partial charge in [0, 0.05) is 25.3 Å². The summed E-state index contributed by atoms with van der Waals surface area (Å²) in [4.78, 5) is 14.6. The van der Waals surface area contributed by atoms with E-state index in [1.165, 1.54) is 0 Å². The lowest BCUT2D eigenvalue weighted by atomic mass is 9.95. The molecule has 1 aromatic rings. The Hall–Kier alpha value is -1.33. The normalized spacial score (nSPS) is 27.8. The molecule has 2 N–H and O–H groups in total. The molecular weight excluding hydrogens is 266 g/mol. The first kappa shape index (κ1) is 14.6. The lowest BCUT2D eigenvalue weighted by Gasteiger charge is -2.37. The van der Waals surface area contributed by atoms with E-state index in [1.54, 1.807) is 4.90 Å². The number of aliphatic hydroxyl groups is 1. The number of hydrogen-bond acceptors (Lipinski definition) is 3. The van der Waals surface area contributed by atoms with Crippen molar-refractivity contribution < 1.29 is 9.90 Å². The highest BCUT2D eigenvalue weighted by Gasteiger charge is 2.32. The van der Waals surface area contributed by atoms with Gasteiger partial charge in [0.05, 0.1) is 5.60 Å². The standard InChI is InChI=1S/C16H25N3O2/c1-16(21)7-3-10-18(12-16)15(20)14-4-2-11-19(14)13-5-8-17-9-6-13/h2,4,11,13,17,21H,3,5-10,12H2,1H3. The molecule has 0 aliphatic carbocycles. The lowest BCUT2D eigenvalue weighted by Crippen LogP contribution is -2.49. The van der Waals surface area contributed by atoms with E-state index >= 15 is 0 Å². The van der Waals surface area contributed by atoms with E-state index in [1.807, 2.05) is 25.3 Å². The molecule has 0 aromatic carbocycles. The molecule has 2 fully saturated rings. The SMILES string of the molecule is CC1(O)CCCN(C(=O)c2cccn2C2CCNCC2)C1. The summed E-state index contributed by atoms with van der Waals surface area (Å²) in [5, 5.41) is 13.6. The van der Waals surface area contributed by atoms with Gasteiger partial charge in [-0.25, -0.2) is 0 Å². The molecule has 3 rings (SSSR count). The van der Waals surface area contributed by atoms with Crippen LogP contribution in [0.3, 0.4) is 0 Å². The quantitative estimate of drug-likeness (QED) is 0.866. The summed E-state index contributed by atoms with van der Waals surface area (Å²) in [5.74, 6) is 0.0542. The van der Waals surface area contributed by atoms with Gasteiger partial charge in [-0.3, -0.25) is 4.79 Å². The predicted molar refractivity (Wildman–Crippen MR) is 81.3 cm³/mol. The third-order valence-corrected chi connectivity index (χ3v) is 4.66. The molecule has 5 nitrogen and oxygen atoms in total. The summed E-state index contributed by atoms with van der Waals surface area (Å²) >= 11 is 0. The summed E-state index contributed by atoms with van der Waals surface area (Å²) < 4.78 is 2.13. The first-order chi connectivity index (χ1) is 10.1. The van der Waals surface area contributed by atoms with Crippen LogP contribution < -0.4 is 5.32 Å². The molecule has 0 spiro atoms. The van der Waals surface area contributed by atoms with Crippen molar-refractivity contribution >= 4 is 5.91 Å². The van der Waals surface area contributed by atoms with Crippen LogP contribution in [0.4, 0.5) is 0 Å². The maximum absolute atomic E-state index is 12.8. The van der Waals surface area contributed by atoms with Crippen LogP contribution in [0, 0.1) is 0 Å². The minimum Gasteiger partial charge on any atom is -0.388 e. The second-order valence-electron chi connectivity index (χ2n) is 6.61. The van der Waals surface area contributed by atoms with Crippen molar-refractivity contribution in [2.45, 2.75) is 44.2 Å². The second-order valence-corrected chi connectivity index (χ2v) is 6.61. The Morgan fingerprint density at radius 2 is 2.19 bits per heavy atom. The van der Waals surface area contributed by atoms with Crippen LogP contribution in [0.5, 0.6) is 0 Å². The average Bonchev–Trinajstić information content (AvgIpc) is 2.95. The maximum atomic E-state index is 12.8. The van der Waals surface area contributed by atoms with Crippen LogP contribution in [-0.4, -0.2) is 52.3 Å². The van der Waals surface area contributed by atoms with Gasteiger partial charge in [-0.15, -0.1) is 0 Å². The van der Waals surface area contributed by atoms with Crippen LogP contribution in [-0.2, 0) is 0 Å². The minimum absolute atomic E-state index is 0.0542. The largest absolute Gasteiger partial charge is 0.388 e. The topological polar surface area (TPSA) is 57.5 Å². The number of hydrogen-bond donors (Lipinski definition) is 2. The molecule has 21 heavy (non-hydrogen) atoms. The number of rotatable bonds is 2. The van der Waals surface area contributed by atoms with Crippen molar-refractivity contribution in [3.63, 3.8) is 0 Å². The van der Waals surface area contributed by atoms with Crippen molar-refractivity contribution in [3.05, 3.63) is 24.0 Å². The Bertz CT molecular complexity index is 503. The number of carbonyl (C=O) groups excluding carboxylic acids is 1. The van der Waals surface area contributed by atoms with Crippen molar-refractivity contribution in [1.82, 2.24) is 14.8 Å². The number of β-amino-alcohol motifs (C(OH)–C–C–N with tert-alkyl or cyclic N) is 1. The van der Waals surface area contributed by atoms with Gasteiger partial charge in [-0.05, 0) is 57.8 Å². The fourth-order valence-electron chi connectivity index (χ4n) is 3.53. The number of aromatic nitrogens is 1. The van der Waals surface area contributed by atoms with Gasteiger partial charge in [0.2, 0.25) is 0 Å². The van der Waals surface area contributed by atoms with E-state index in [0.29, 0.717) is 12.6 Å². The van der Waals surface area contributed by atoms with Gasteiger partial charge in [-0.1, -0.05) is 0 Å². The Kier molecular flexibility index (Phi) is 4.04. The van der Waals surface area contributed by atoms with E-state index in [2.05, 4.69) is 9.88 Å². The van der Waals surface area contributed by atoms with Crippen LogP contribution >= 0.6 is 0 Å². The zero-order valence-electron chi connectivity index (χ0n) is 12.7. The Morgan fingerprint density at radius 1 is 1.43 bits per heavy atom. The number of piperidine rings is 2. The first-order valence-corrected chi connectivity index (χ1v) is 7.96. The second kappa shape index (κ2) is 5.81. The van der Waals surface area contributed by atoms with Crippen LogP contribution in [0.2, 0.25) is 0 Å². The van der Waals surface area contributed by atoms with Crippen LogP contribution in [0.25, 0.3) is 0 Å². The van der Waals surface area contributed by atoms with Gasteiger partial charge in [-0.2, -0.15) is 0 Å². The molecule has 1 atom stereocenters. The number of likely N-dealkylation sites (tertiary alicyclic amines) is 1. The predicted octanol–water partition coefficient (Wildman–Crippen LogP) is 1.40. The molecule has 0 bridgehead atoms. The highest BCUT2D eigenvalue weighted by molar-refractivity contribution is 5.93. The molecular formula is C16H25N3O2. The Balaban J connectivity index is 1.77. The van der Waals surface area contributed by atoms with Crippen LogP contribution in [0.15, 0.2) is 18.3 Å². The summed E-state index contributed by atoms with van der Waals surface area (Å²) in [7, 11) is 0. The van der Waals surface area contributed by atoms with Crippen LogP contribution in [0.1, 0.15) is 49.1 Å². The third-order valence-electron chi connectivity index (χ3n) is 4.66. The molecule has 1 unspecified atom stereocenters. The monoisotopic (exact) mass is 291 g/mol. The molecule has 2 aliphatic rings. The lowest BCUT2D eigenvalue weighted by molar-refractivity contribution is -0.0111. The zero-order chi connectivity index (χ0) is 14.9. The van der Waals surface area contributed by atoms with E-state index in [0.717, 1.165) is 51.0 Å². The number of carbonyl (C=O) groups is 1. The molecule has 2 saturated heterocycles. The van der Waals surface area contributed by atoms with E-state index in [-0.39, 0.29) is 5.91 Å². The number of amides is 1. The molecule has 116 valence electrons. The van der Waals surface area contributed by atoms with Crippen molar-refractivity contribution in [2.24, 2.45) is 0 Å². The van der Waals surface area contributed by atoms with E-state index < -0.39 is 5.60 Å². The fraction of sp³-hybridized carbons (Fsp3) is 0.688. The van der Waals surface area contributed by atoms with Gasteiger partial charge < -0.3 is 19.9 Å². The van der Waals surface area contributed by atoms with E-state index in [4.69, 9.17) is 0 Å². The molecule has 1 amide bonds. The fourth-order valence-corrected chi connectivity index (χ4v) is 3.53. The molecule has 3 heterocycles. The van der Waals surface area contributed by atoms with Gasteiger partial charge in [0.15, 0.2) is 0 Å². The summed E-state index contributed by atoms with van der Waals surface area (Å²) in [5.41, 5.74) is 0.0136. The van der Waals surface area contributed by atoms with Gasteiger partial charge in [0.1, 0.15) is 5.69 Å². The highest BCUT2D eigenvalue weighted by atomic mass is 16.3. The molecule has 1 aromatic heterocycles.